The van der Waals surface area contributed by atoms with Crippen LogP contribution in [0.3, 0.4) is 0 Å². The molecule has 0 aliphatic rings. The molecule has 0 N–H and O–H groups in total. The molecule has 0 aliphatic carbocycles. The van der Waals surface area contributed by atoms with E-state index in [1.54, 1.807) is 6.20 Å². The molecular formula is C11H16N4O2. The van der Waals surface area contributed by atoms with Crippen molar-refractivity contribution in [1.82, 2.24) is 19.9 Å². The van der Waals surface area contributed by atoms with Gasteiger partial charge in [-0.05, 0) is 6.42 Å². The maximum atomic E-state index is 5.50. The van der Waals surface area contributed by atoms with Crippen molar-refractivity contribution in [2.45, 2.75) is 39.8 Å². The molecule has 6 heteroatoms. The van der Waals surface area contributed by atoms with Gasteiger partial charge in [-0.25, -0.2) is 0 Å². The Morgan fingerprint density at radius 1 is 1.41 bits per heavy atom. The fraction of sp³-hybridized carbons (Fsp3) is 0.545. The summed E-state index contributed by atoms with van der Waals surface area (Å²) < 4.78 is 12.4. The summed E-state index contributed by atoms with van der Waals surface area (Å²) in [6.45, 7) is 5.26. The molecule has 2 heterocycles. The van der Waals surface area contributed by atoms with E-state index in [2.05, 4.69) is 22.2 Å². The molecule has 0 fully saturated rings. The maximum Gasteiger partial charge on any atom is 0.264 e. The highest BCUT2D eigenvalue weighted by atomic mass is 16.5. The van der Waals surface area contributed by atoms with Gasteiger partial charge in [-0.3, -0.25) is 4.68 Å². The van der Waals surface area contributed by atoms with Crippen LogP contribution < -0.4 is 4.74 Å². The van der Waals surface area contributed by atoms with Gasteiger partial charge in [0.1, 0.15) is 0 Å². The van der Waals surface area contributed by atoms with Gasteiger partial charge in [0.05, 0.1) is 12.4 Å². The minimum absolute atomic E-state index is 0.283. The summed E-state index contributed by atoms with van der Waals surface area (Å²) in [7, 11) is 0. The Bertz CT molecular complexity index is 463. The number of hydrogen-bond donors (Lipinski definition) is 0. The molecule has 0 atom stereocenters. The predicted molar refractivity (Wildman–Crippen MR) is 60.5 cm³/mol. The van der Waals surface area contributed by atoms with Crippen molar-refractivity contribution < 1.29 is 9.26 Å². The topological polar surface area (TPSA) is 66.0 Å². The molecule has 0 amide bonds. The first-order valence-electron chi connectivity index (χ1n) is 5.78. The Labute approximate surface area is 99.6 Å². The van der Waals surface area contributed by atoms with Gasteiger partial charge >= 0.3 is 0 Å². The summed E-state index contributed by atoms with van der Waals surface area (Å²) in [6.07, 6.45) is 5.36. The van der Waals surface area contributed by atoms with Gasteiger partial charge in [0, 0.05) is 13.0 Å². The first kappa shape index (κ1) is 11.6. The van der Waals surface area contributed by atoms with E-state index in [-0.39, 0.29) is 6.61 Å². The minimum Gasteiger partial charge on any atom is -0.480 e. The van der Waals surface area contributed by atoms with Gasteiger partial charge in [0.25, 0.3) is 5.89 Å². The van der Waals surface area contributed by atoms with Crippen LogP contribution in [0.5, 0.6) is 5.75 Å². The highest BCUT2D eigenvalue weighted by molar-refractivity contribution is 5.11. The van der Waals surface area contributed by atoms with E-state index in [0.29, 0.717) is 11.7 Å². The van der Waals surface area contributed by atoms with Gasteiger partial charge in [-0.1, -0.05) is 19.0 Å². The molecule has 0 bridgehead atoms. The molecule has 2 rings (SSSR count). The normalized spacial score (nSPS) is 10.7. The maximum absolute atomic E-state index is 5.50. The molecule has 6 nitrogen and oxygen atoms in total. The van der Waals surface area contributed by atoms with Crippen molar-refractivity contribution in [2.75, 3.05) is 0 Å². The predicted octanol–water partition coefficient (Wildman–Crippen LogP) is 1.82. The zero-order chi connectivity index (χ0) is 12.1. The lowest BCUT2D eigenvalue weighted by Crippen LogP contribution is -1.97. The highest BCUT2D eigenvalue weighted by Gasteiger charge is 2.06. The van der Waals surface area contributed by atoms with Crippen LogP contribution in [0.4, 0.5) is 0 Å². The van der Waals surface area contributed by atoms with Crippen molar-refractivity contribution in [2.24, 2.45) is 0 Å². The molecule has 2 aromatic heterocycles. The average Bonchev–Trinajstić information content (AvgIpc) is 2.95. The molecule has 0 unspecified atom stereocenters. The fourth-order valence-electron chi connectivity index (χ4n) is 1.41. The fourth-order valence-corrected chi connectivity index (χ4v) is 1.41. The van der Waals surface area contributed by atoms with Crippen molar-refractivity contribution >= 4 is 0 Å². The van der Waals surface area contributed by atoms with Crippen LogP contribution in [0.1, 0.15) is 32.0 Å². The summed E-state index contributed by atoms with van der Waals surface area (Å²) in [5, 5.41) is 7.96. The SMILES string of the molecule is CCCn1cc(OCc2nc(CC)no2)cn1. The average molecular weight is 236 g/mol. The molecule has 0 radical (unpaired) electrons. The van der Waals surface area contributed by atoms with E-state index in [4.69, 9.17) is 9.26 Å². The Hall–Kier alpha value is -1.85. The standard InChI is InChI=1S/C11H16N4O2/c1-3-5-15-7-9(6-12-15)16-8-11-13-10(4-2)14-17-11/h6-7H,3-5,8H2,1-2H3. The van der Waals surface area contributed by atoms with E-state index in [1.165, 1.54) is 0 Å². The van der Waals surface area contributed by atoms with E-state index >= 15 is 0 Å². The number of aryl methyl sites for hydroxylation is 2. The number of hydrogen-bond acceptors (Lipinski definition) is 5. The lowest BCUT2D eigenvalue weighted by molar-refractivity contribution is 0.242. The van der Waals surface area contributed by atoms with Crippen LogP contribution in [0, 0.1) is 0 Å². The second kappa shape index (κ2) is 5.47. The van der Waals surface area contributed by atoms with Crippen LogP contribution in [-0.4, -0.2) is 19.9 Å². The lowest BCUT2D eigenvalue weighted by Gasteiger charge is -1.98. The van der Waals surface area contributed by atoms with Gasteiger partial charge in [-0.2, -0.15) is 10.1 Å². The molecule has 92 valence electrons. The summed E-state index contributed by atoms with van der Waals surface area (Å²) in [5.74, 6) is 1.91. The minimum atomic E-state index is 0.283. The van der Waals surface area contributed by atoms with Crippen LogP contribution in [0.15, 0.2) is 16.9 Å². The number of nitrogens with zero attached hydrogens (tertiary/aromatic N) is 4. The lowest BCUT2D eigenvalue weighted by atomic mass is 10.5. The van der Waals surface area contributed by atoms with Crippen molar-refractivity contribution in [3.63, 3.8) is 0 Å². The van der Waals surface area contributed by atoms with Gasteiger partial charge in [0.2, 0.25) is 0 Å². The number of ether oxygens (including phenoxy) is 1. The molecule has 0 aromatic carbocycles. The van der Waals surface area contributed by atoms with Crippen molar-refractivity contribution in [3.8, 4) is 5.75 Å². The second-order valence-electron chi connectivity index (χ2n) is 3.69. The van der Waals surface area contributed by atoms with Gasteiger partial charge in [0.15, 0.2) is 18.2 Å². The molecule has 0 saturated carbocycles. The molecule has 2 aromatic rings. The van der Waals surface area contributed by atoms with E-state index in [9.17, 15) is 0 Å². The van der Waals surface area contributed by atoms with Crippen LogP contribution in [0.2, 0.25) is 0 Å². The number of aromatic nitrogens is 4. The Morgan fingerprint density at radius 2 is 2.29 bits per heavy atom. The van der Waals surface area contributed by atoms with Crippen molar-refractivity contribution in [1.29, 1.82) is 0 Å². The summed E-state index contributed by atoms with van der Waals surface area (Å²) in [6, 6.07) is 0. The third-order valence-electron chi connectivity index (χ3n) is 2.25. The Kier molecular flexibility index (Phi) is 3.74. The second-order valence-corrected chi connectivity index (χ2v) is 3.69. The first-order chi connectivity index (χ1) is 8.31. The quantitative estimate of drug-likeness (QED) is 0.765. The molecule has 17 heavy (non-hydrogen) atoms. The number of rotatable bonds is 6. The van der Waals surface area contributed by atoms with E-state index < -0.39 is 0 Å². The van der Waals surface area contributed by atoms with Gasteiger partial charge in [-0.15, -0.1) is 0 Å². The highest BCUT2D eigenvalue weighted by Crippen LogP contribution is 2.11. The van der Waals surface area contributed by atoms with E-state index in [1.807, 2.05) is 17.8 Å². The summed E-state index contributed by atoms with van der Waals surface area (Å²) >= 11 is 0. The van der Waals surface area contributed by atoms with Crippen LogP contribution >= 0.6 is 0 Å². The molecule has 0 spiro atoms. The third-order valence-corrected chi connectivity index (χ3v) is 2.25. The summed E-state index contributed by atoms with van der Waals surface area (Å²) in [4.78, 5) is 4.16. The van der Waals surface area contributed by atoms with Crippen LogP contribution in [0.25, 0.3) is 0 Å². The molecular weight excluding hydrogens is 220 g/mol. The van der Waals surface area contributed by atoms with Gasteiger partial charge < -0.3 is 9.26 Å². The Balaban J connectivity index is 1.88. The Morgan fingerprint density at radius 3 is 3.00 bits per heavy atom. The molecule has 0 aliphatic heterocycles. The monoisotopic (exact) mass is 236 g/mol. The van der Waals surface area contributed by atoms with Crippen LogP contribution in [-0.2, 0) is 19.6 Å². The zero-order valence-corrected chi connectivity index (χ0v) is 10.1. The largest absolute Gasteiger partial charge is 0.480 e. The first-order valence-corrected chi connectivity index (χ1v) is 5.78. The summed E-state index contributed by atoms with van der Waals surface area (Å²) in [5.41, 5.74) is 0. The molecule has 0 saturated heterocycles. The van der Waals surface area contributed by atoms with Crippen molar-refractivity contribution in [3.05, 3.63) is 24.1 Å². The smallest absolute Gasteiger partial charge is 0.264 e. The zero-order valence-electron chi connectivity index (χ0n) is 10.1. The third kappa shape index (κ3) is 3.05. The van der Waals surface area contributed by atoms with E-state index in [0.717, 1.165) is 25.1 Å².